The molecule has 3 aromatic heterocycles. The Labute approximate surface area is 184 Å². The van der Waals surface area contributed by atoms with Gasteiger partial charge in [-0.05, 0) is 32.9 Å². The van der Waals surface area contributed by atoms with E-state index in [4.69, 9.17) is 14.5 Å². The maximum Gasteiger partial charge on any atom is 0.357 e. The van der Waals surface area contributed by atoms with Crippen LogP contribution in [0.25, 0.3) is 44.2 Å². The maximum absolute atomic E-state index is 12.8. The van der Waals surface area contributed by atoms with Crippen molar-refractivity contribution in [3.05, 3.63) is 59.4 Å². The SMILES string of the molecule is COCc1c(C(=O)OC(C)C)ncc2[nH]c3ccc4[nH]c(-c5ccc(C)cc5)nc4c3c12. The molecule has 2 aromatic carbocycles. The van der Waals surface area contributed by atoms with Crippen LogP contribution >= 0.6 is 0 Å². The summed E-state index contributed by atoms with van der Waals surface area (Å²) in [5, 5.41) is 1.81. The van der Waals surface area contributed by atoms with Gasteiger partial charge in [-0.1, -0.05) is 29.8 Å². The molecule has 5 aromatic rings. The summed E-state index contributed by atoms with van der Waals surface area (Å²) in [5.41, 5.74) is 6.65. The molecule has 0 spiro atoms. The number of aromatic nitrogens is 4. The highest BCUT2D eigenvalue weighted by Crippen LogP contribution is 2.35. The van der Waals surface area contributed by atoms with E-state index in [0.29, 0.717) is 5.56 Å². The summed E-state index contributed by atoms with van der Waals surface area (Å²) in [6.45, 7) is 5.92. The predicted molar refractivity (Wildman–Crippen MR) is 125 cm³/mol. The van der Waals surface area contributed by atoms with Gasteiger partial charge < -0.3 is 19.4 Å². The fourth-order valence-electron chi connectivity index (χ4n) is 4.09. The molecule has 0 aliphatic heterocycles. The number of rotatable bonds is 5. The fraction of sp³-hybridized carbons (Fsp3) is 0.240. The van der Waals surface area contributed by atoms with E-state index in [1.807, 2.05) is 26.0 Å². The Balaban J connectivity index is 1.79. The van der Waals surface area contributed by atoms with Gasteiger partial charge >= 0.3 is 5.97 Å². The smallest absolute Gasteiger partial charge is 0.357 e. The van der Waals surface area contributed by atoms with Crippen molar-refractivity contribution in [1.82, 2.24) is 19.9 Å². The second kappa shape index (κ2) is 7.76. The first kappa shape index (κ1) is 20.2. The normalized spacial score (nSPS) is 11.8. The number of carbonyl (C=O) groups is 1. The van der Waals surface area contributed by atoms with Gasteiger partial charge in [-0.15, -0.1) is 0 Å². The number of hydrogen-bond acceptors (Lipinski definition) is 5. The number of carbonyl (C=O) groups excluding carboxylic acids is 1. The van der Waals surface area contributed by atoms with Crippen LogP contribution in [0.15, 0.2) is 42.6 Å². The molecule has 162 valence electrons. The Bertz CT molecular complexity index is 1460. The number of aryl methyl sites for hydroxylation is 1. The highest BCUT2D eigenvalue weighted by atomic mass is 16.5. The summed E-state index contributed by atoms with van der Waals surface area (Å²) in [4.78, 5) is 28.9. The number of hydrogen-bond donors (Lipinski definition) is 2. The molecule has 5 rings (SSSR count). The van der Waals surface area contributed by atoms with Crippen molar-refractivity contribution in [2.75, 3.05) is 7.11 Å². The van der Waals surface area contributed by atoms with E-state index in [0.717, 1.165) is 44.2 Å². The average molecular weight is 428 g/mol. The van der Waals surface area contributed by atoms with Gasteiger partial charge in [0.15, 0.2) is 5.69 Å². The van der Waals surface area contributed by atoms with Crippen LogP contribution in [-0.2, 0) is 16.1 Å². The number of H-pyrrole nitrogens is 2. The van der Waals surface area contributed by atoms with Gasteiger partial charge in [0.2, 0.25) is 0 Å². The zero-order valence-corrected chi connectivity index (χ0v) is 18.4. The van der Waals surface area contributed by atoms with Crippen LogP contribution in [-0.4, -0.2) is 39.1 Å². The number of aromatic amines is 2. The Morgan fingerprint density at radius 3 is 2.47 bits per heavy atom. The van der Waals surface area contributed by atoms with E-state index in [2.05, 4.69) is 46.1 Å². The molecule has 7 heteroatoms. The predicted octanol–water partition coefficient (Wildman–Crippen LogP) is 5.28. The molecule has 32 heavy (non-hydrogen) atoms. The molecule has 0 radical (unpaired) electrons. The molecule has 0 bridgehead atoms. The molecular weight excluding hydrogens is 404 g/mol. The molecule has 0 saturated carbocycles. The Morgan fingerprint density at radius 1 is 1.00 bits per heavy atom. The second-order valence-corrected chi connectivity index (χ2v) is 8.22. The van der Waals surface area contributed by atoms with Crippen molar-refractivity contribution >= 4 is 38.8 Å². The van der Waals surface area contributed by atoms with Crippen molar-refractivity contribution in [1.29, 1.82) is 0 Å². The van der Waals surface area contributed by atoms with Crippen LogP contribution in [0, 0.1) is 6.92 Å². The highest BCUT2D eigenvalue weighted by Gasteiger charge is 2.23. The Hall–Kier alpha value is -3.71. The lowest BCUT2D eigenvalue weighted by Gasteiger charge is -2.12. The third kappa shape index (κ3) is 3.31. The molecule has 0 amide bonds. The molecule has 0 saturated heterocycles. The van der Waals surface area contributed by atoms with Crippen molar-refractivity contribution in [3.63, 3.8) is 0 Å². The number of ether oxygens (including phenoxy) is 2. The summed E-state index contributed by atoms with van der Waals surface area (Å²) in [7, 11) is 1.60. The number of imidazole rings is 1. The van der Waals surface area contributed by atoms with Crippen LogP contribution in [0.5, 0.6) is 0 Å². The van der Waals surface area contributed by atoms with Crippen molar-refractivity contribution < 1.29 is 14.3 Å². The molecule has 0 atom stereocenters. The number of fused-ring (bicyclic) bond motifs is 5. The van der Waals surface area contributed by atoms with Gasteiger partial charge in [0.05, 0.1) is 35.5 Å². The Morgan fingerprint density at radius 2 is 1.75 bits per heavy atom. The summed E-state index contributed by atoms with van der Waals surface area (Å²) in [6.07, 6.45) is 1.43. The van der Waals surface area contributed by atoms with Gasteiger partial charge in [-0.25, -0.2) is 14.8 Å². The van der Waals surface area contributed by atoms with E-state index in [1.165, 1.54) is 5.56 Å². The zero-order chi connectivity index (χ0) is 22.4. The molecule has 0 aliphatic carbocycles. The summed E-state index contributed by atoms with van der Waals surface area (Å²) in [5.74, 6) is 0.335. The number of nitrogens with one attached hydrogen (secondary N) is 2. The lowest BCUT2D eigenvalue weighted by atomic mass is 10.0. The second-order valence-electron chi connectivity index (χ2n) is 8.22. The first-order valence-electron chi connectivity index (χ1n) is 10.5. The standard InChI is InChI=1S/C25H24N4O3/c1-13(2)32-25(30)22-16(12-31-4)20-19(11-26-22)27-17-9-10-18-23(21(17)20)29-24(28-18)15-7-5-14(3)6-8-15/h5-11,13,27H,12H2,1-4H3,(H,28,29). The van der Waals surface area contributed by atoms with Gasteiger partial charge in [0.1, 0.15) is 5.82 Å². The molecule has 3 heterocycles. The fourth-order valence-corrected chi connectivity index (χ4v) is 4.09. The van der Waals surface area contributed by atoms with E-state index in [-0.39, 0.29) is 18.4 Å². The molecule has 0 unspecified atom stereocenters. The van der Waals surface area contributed by atoms with Crippen molar-refractivity contribution in [2.24, 2.45) is 0 Å². The molecule has 0 aliphatic rings. The van der Waals surface area contributed by atoms with E-state index in [9.17, 15) is 4.79 Å². The minimum absolute atomic E-state index is 0.228. The lowest BCUT2D eigenvalue weighted by Crippen LogP contribution is -2.15. The van der Waals surface area contributed by atoms with E-state index < -0.39 is 5.97 Å². The summed E-state index contributed by atoms with van der Waals surface area (Å²) >= 11 is 0. The maximum atomic E-state index is 12.8. The quantitative estimate of drug-likeness (QED) is 0.372. The van der Waals surface area contributed by atoms with Gasteiger partial charge in [0.25, 0.3) is 0 Å². The van der Waals surface area contributed by atoms with Gasteiger partial charge in [-0.3, -0.25) is 0 Å². The minimum Gasteiger partial charge on any atom is -0.458 e. The topological polar surface area (TPSA) is 92.9 Å². The number of methoxy groups -OCH3 is 1. The van der Waals surface area contributed by atoms with Crippen molar-refractivity contribution in [2.45, 2.75) is 33.5 Å². The molecule has 2 N–H and O–H groups in total. The van der Waals surface area contributed by atoms with Gasteiger partial charge in [0, 0.05) is 34.5 Å². The number of nitrogens with zero attached hydrogens (tertiary/aromatic N) is 2. The highest BCUT2D eigenvalue weighted by molar-refractivity contribution is 6.20. The molecule has 0 fully saturated rings. The van der Waals surface area contributed by atoms with Crippen LogP contribution < -0.4 is 0 Å². The van der Waals surface area contributed by atoms with Crippen LogP contribution in [0.3, 0.4) is 0 Å². The van der Waals surface area contributed by atoms with Gasteiger partial charge in [-0.2, -0.15) is 0 Å². The number of pyridine rings is 1. The van der Waals surface area contributed by atoms with E-state index >= 15 is 0 Å². The van der Waals surface area contributed by atoms with Crippen LogP contribution in [0.2, 0.25) is 0 Å². The average Bonchev–Trinajstić information content (AvgIpc) is 3.35. The zero-order valence-electron chi connectivity index (χ0n) is 18.4. The van der Waals surface area contributed by atoms with E-state index in [1.54, 1.807) is 13.3 Å². The third-order valence-electron chi connectivity index (χ3n) is 5.50. The Kier molecular flexibility index (Phi) is 4.90. The van der Waals surface area contributed by atoms with Crippen molar-refractivity contribution in [3.8, 4) is 11.4 Å². The third-order valence-corrected chi connectivity index (χ3v) is 5.50. The van der Waals surface area contributed by atoms with Crippen LogP contribution in [0.4, 0.5) is 0 Å². The summed E-state index contributed by atoms with van der Waals surface area (Å²) in [6, 6.07) is 12.3. The van der Waals surface area contributed by atoms with Crippen LogP contribution in [0.1, 0.15) is 35.5 Å². The molecular formula is C25H24N4O3. The largest absolute Gasteiger partial charge is 0.458 e. The monoisotopic (exact) mass is 428 g/mol. The molecule has 7 nitrogen and oxygen atoms in total. The summed E-state index contributed by atoms with van der Waals surface area (Å²) < 4.78 is 10.9. The number of esters is 1. The minimum atomic E-state index is -0.460. The lowest BCUT2D eigenvalue weighted by molar-refractivity contribution is 0.0366. The first-order valence-corrected chi connectivity index (χ1v) is 10.5. The first-order chi connectivity index (χ1) is 15.5. The number of benzene rings is 2.